The molecule has 1 aliphatic heterocycles. The summed E-state index contributed by atoms with van der Waals surface area (Å²) >= 11 is 5.89. The molecule has 0 spiro atoms. The monoisotopic (exact) mass is 488 g/mol. The fourth-order valence-electron chi connectivity index (χ4n) is 3.41. The topological polar surface area (TPSA) is 106 Å². The van der Waals surface area contributed by atoms with Gasteiger partial charge in [0.2, 0.25) is 10.0 Å². The van der Waals surface area contributed by atoms with E-state index in [9.17, 15) is 18.0 Å². The molecule has 1 amide bonds. The van der Waals surface area contributed by atoms with Crippen molar-refractivity contribution in [1.82, 2.24) is 5.32 Å². The van der Waals surface area contributed by atoms with Crippen LogP contribution in [-0.4, -0.2) is 39.2 Å². The van der Waals surface area contributed by atoms with E-state index >= 15 is 0 Å². The van der Waals surface area contributed by atoms with Crippen molar-refractivity contribution in [2.45, 2.75) is 13.0 Å². The molecule has 172 valence electrons. The van der Waals surface area contributed by atoms with Gasteiger partial charge >= 0.3 is 5.97 Å². The van der Waals surface area contributed by atoms with Crippen molar-refractivity contribution in [2.24, 2.45) is 0 Å². The van der Waals surface area contributed by atoms with Crippen LogP contribution >= 0.6 is 11.6 Å². The Morgan fingerprint density at radius 2 is 1.88 bits per heavy atom. The van der Waals surface area contributed by atoms with Gasteiger partial charge in [0.1, 0.15) is 11.5 Å². The molecule has 0 saturated carbocycles. The molecule has 10 heteroatoms. The standard InChI is InChI=1S/C23H21ClN2O6S/c24-18-7-5-16(6-8-18)21-10-9-20(32-21)14-25-22(27)15-31-23(28)17-3-1-4-19(13-17)26-11-2-12-33(26,29)30/h1,3-10,13H,2,11-12,14-15H2,(H,25,27). The number of hydrogen-bond acceptors (Lipinski definition) is 6. The summed E-state index contributed by atoms with van der Waals surface area (Å²) in [4.78, 5) is 24.4. The summed E-state index contributed by atoms with van der Waals surface area (Å²) in [6, 6.07) is 16.9. The summed E-state index contributed by atoms with van der Waals surface area (Å²) in [7, 11) is -3.36. The molecule has 1 N–H and O–H groups in total. The van der Waals surface area contributed by atoms with E-state index in [0.29, 0.717) is 35.2 Å². The number of ether oxygens (including phenoxy) is 1. The summed E-state index contributed by atoms with van der Waals surface area (Å²) in [6.07, 6.45) is 0.536. The Labute approximate surface area is 196 Å². The van der Waals surface area contributed by atoms with E-state index in [2.05, 4.69) is 5.32 Å². The molecule has 0 bridgehead atoms. The van der Waals surface area contributed by atoms with Crippen molar-refractivity contribution in [2.75, 3.05) is 23.2 Å². The quantitative estimate of drug-likeness (QED) is 0.509. The van der Waals surface area contributed by atoms with Crippen LogP contribution < -0.4 is 9.62 Å². The normalized spacial score (nSPS) is 14.8. The van der Waals surface area contributed by atoms with E-state index in [1.165, 1.54) is 16.4 Å². The summed E-state index contributed by atoms with van der Waals surface area (Å²) in [5.41, 5.74) is 1.43. The summed E-state index contributed by atoms with van der Waals surface area (Å²) in [5, 5.41) is 3.25. The fraction of sp³-hybridized carbons (Fsp3) is 0.217. The van der Waals surface area contributed by atoms with Gasteiger partial charge in [-0.15, -0.1) is 0 Å². The molecular weight excluding hydrogens is 468 g/mol. The number of benzene rings is 2. The highest BCUT2D eigenvalue weighted by atomic mass is 35.5. The Bertz CT molecular complexity index is 1270. The van der Waals surface area contributed by atoms with Crippen molar-refractivity contribution in [3.8, 4) is 11.3 Å². The summed E-state index contributed by atoms with van der Waals surface area (Å²) in [6.45, 7) is 0.0256. The number of halogens is 1. The van der Waals surface area contributed by atoms with Gasteiger partial charge in [-0.25, -0.2) is 13.2 Å². The minimum atomic E-state index is -3.36. The van der Waals surface area contributed by atoms with E-state index in [0.717, 1.165) is 5.56 Å². The molecule has 1 fully saturated rings. The molecule has 4 rings (SSSR count). The third kappa shape index (κ3) is 5.55. The Kier molecular flexibility index (Phi) is 6.71. The lowest BCUT2D eigenvalue weighted by Crippen LogP contribution is -2.28. The minimum absolute atomic E-state index is 0.0821. The molecule has 0 radical (unpaired) electrons. The highest BCUT2D eigenvalue weighted by Gasteiger charge is 2.28. The smallest absolute Gasteiger partial charge is 0.338 e. The third-order valence-electron chi connectivity index (χ3n) is 5.05. The van der Waals surface area contributed by atoms with Gasteiger partial charge in [0, 0.05) is 17.1 Å². The van der Waals surface area contributed by atoms with Gasteiger partial charge in [-0.1, -0.05) is 17.7 Å². The van der Waals surface area contributed by atoms with Gasteiger partial charge in [-0.3, -0.25) is 9.10 Å². The zero-order chi connectivity index (χ0) is 23.4. The lowest BCUT2D eigenvalue weighted by Gasteiger charge is -2.17. The van der Waals surface area contributed by atoms with E-state index in [1.807, 2.05) is 12.1 Å². The van der Waals surface area contributed by atoms with Crippen molar-refractivity contribution in [3.63, 3.8) is 0 Å². The van der Waals surface area contributed by atoms with Crippen LogP contribution in [0.15, 0.2) is 65.1 Å². The van der Waals surface area contributed by atoms with Crippen LogP contribution in [0.4, 0.5) is 5.69 Å². The molecule has 1 aromatic heterocycles. The maximum Gasteiger partial charge on any atom is 0.338 e. The highest BCUT2D eigenvalue weighted by Crippen LogP contribution is 2.25. The van der Waals surface area contributed by atoms with E-state index in [1.54, 1.807) is 36.4 Å². The van der Waals surface area contributed by atoms with Crippen molar-refractivity contribution in [3.05, 3.63) is 77.0 Å². The van der Waals surface area contributed by atoms with Crippen LogP contribution in [0.25, 0.3) is 11.3 Å². The van der Waals surface area contributed by atoms with Crippen molar-refractivity contribution < 1.29 is 27.2 Å². The number of esters is 1. The number of furan rings is 1. The van der Waals surface area contributed by atoms with E-state index in [4.69, 9.17) is 20.8 Å². The predicted octanol–water partition coefficient (Wildman–Crippen LogP) is 3.61. The van der Waals surface area contributed by atoms with Crippen LogP contribution in [0.3, 0.4) is 0 Å². The molecule has 33 heavy (non-hydrogen) atoms. The molecule has 0 aliphatic carbocycles. The number of hydrogen-bond donors (Lipinski definition) is 1. The SMILES string of the molecule is O=C(COC(=O)c1cccc(N2CCCS2(=O)=O)c1)NCc1ccc(-c2ccc(Cl)cc2)o1. The van der Waals surface area contributed by atoms with Gasteiger partial charge in [-0.05, 0) is 61.0 Å². The van der Waals surface area contributed by atoms with Gasteiger partial charge in [0.05, 0.1) is 23.5 Å². The maximum absolute atomic E-state index is 12.3. The lowest BCUT2D eigenvalue weighted by atomic mass is 10.2. The molecular formula is C23H21ClN2O6S. The average Bonchev–Trinajstić information content (AvgIpc) is 3.42. The molecule has 0 unspecified atom stereocenters. The average molecular weight is 489 g/mol. The zero-order valence-electron chi connectivity index (χ0n) is 17.5. The van der Waals surface area contributed by atoms with Crippen LogP contribution in [0.2, 0.25) is 5.02 Å². The molecule has 3 aromatic rings. The van der Waals surface area contributed by atoms with Gasteiger partial charge in [0.15, 0.2) is 6.61 Å². The number of carbonyl (C=O) groups excluding carboxylic acids is 2. The molecule has 1 aliphatic rings. The predicted molar refractivity (Wildman–Crippen MR) is 123 cm³/mol. The Morgan fingerprint density at radius 1 is 1.09 bits per heavy atom. The molecule has 8 nitrogen and oxygen atoms in total. The van der Waals surface area contributed by atoms with Gasteiger partial charge in [0.25, 0.3) is 5.91 Å². The van der Waals surface area contributed by atoms with Crippen LogP contribution in [0.5, 0.6) is 0 Å². The van der Waals surface area contributed by atoms with Gasteiger partial charge < -0.3 is 14.5 Å². The third-order valence-corrected chi connectivity index (χ3v) is 7.18. The number of amides is 1. The first kappa shape index (κ1) is 22.9. The molecule has 2 aromatic carbocycles. The first-order valence-electron chi connectivity index (χ1n) is 10.2. The first-order valence-corrected chi connectivity index (χ1v) is 12.2. The second-order valence-electron chi connectivity index (χ2n) is 7.42. The van der Waals surface area contributed by atoms with Crippen LogP contribution in [0.1, 0.15) is 22.5 Å². The summed E-state index contributed by atoms with van der Waals surface area (Å²) < 4.78 is 36.2. The fourth-order valence-corrected chi connectivity index (χ4v) is 5.09. The number of nitrogens with one attached hydrogen (secondary N) is 1. The Balaban J connectivity index is 1.28. The second kappa shape index (κ2) is 9.68. The number of carbonyl (C=O) groups is 2. The first-order chi connectivity index (χ1) is 15.8. The molecule has 1 saturated heterocycles. The zero-order valence-corrected chi connectivity index (χ0v) is 19.1. The second-order valence-corrected chi connectivity index (χ2v) is 9.87. The Hall–Kier alpha value is -3.30. The van der Waals surface area contributed by atoms with Gasteiger partial charge in [-0.2, -0.15) is 0 Å². The summed E-state index contributed by atoms with van der Waals surface area (Å²) in [5.74, 6) is 0.0534. The number of sulfonamides is 1. The largest absolute Gasteiger partial charge is 0.459 e. The van der Waals surface area contributed by atoms with Crippen molar-refractivity contribution >= 4 is 39.2 Å². The Morgan fingerprint density at radius 3 is 2.61 bits per heavy atom. The highest BCUT2D eigenvalue weighted by molar-refractivity contribution is 7.93. The number of rotatable bonds is 7. The molecule has 2 heterocycles. The van der Waals surface area contributed by atoms with Crippen molar-refractivity contribution in [1.29, 1.82) is 0 Å². The number of nitrogens with zero attached hydrogens (tertiary/aromatic N) is 1. The maximum atomic E-state index is 12.3. The van der Waals surface area contributed by atoms with Crippen LogP contribution in [0, 0.1) is 0 Å². The van der Waals surface area contributed by atoms with Crippen LogP contribution in [-0.2, 0) is 26.1 Å². The molecule has 0 atom stereocenters. The minimum Gasteiger partial charge on any atom is -0.459 e. The van der Waals surface area contributed by atoms with E-state index in [-0.39, 0.29) is 17.9 Å². The lowest BCUT2D eigenvalue weighted by molar-refractivity contribution is -0.124. The number of anilines is 1. The van der Waals surface area contributed by atoms with E-state index < -0.39 is 28.5 Å².